The van der Waals surface area contributed by atoms with Crippen LogP contribution in [-0.2, 0) is 0 Å². The number of benzene rings is 1. The van der Waals surface area contributed by atoms with E-state index in [4.69, 9.17) is 21.9 Å². The van der Waals surface area contributed by atoms with Crippen molar-refractivity contribution in [1.82, 2.24) is 9.72 Å². The van der Waals surface area contributed by atoms with Crippen LogP contribution in [0.2, 0.25) is 5.02 Å². The van der Waals surface area contributed by atoms with Crippen molar-refractivity contribution < 1.29 is 4.52 Å². The van der Waals surface area contributed by atoms with Gasteiger partial charge in [0.05, 0.1) is 10.5 Å². The van der Waals surface area contributed by atoms with Gasteiger partial charge in [0.15, 0.2) is 0 Å². The lowest BCUT2D eigenvalue weighted by atomic mass is 9.85. The molecule has 2 atom stereocenters. The lowest BCUT2D eigenvalue weighted by Gasteiger charge is -2.30. The minimum absolute atomic E-state index is 0. The topological polar surface area (TPSA) is 74.0 Å². The molecule has 134 valence electrons. The van der Waals surface area contributed by atoms with Gasteiger partial charge in [-0.3, -0.25) is 4.79 Å². The zero-order chi connectivity index (χ0) is 16.8. The molecule has 0 spiro atoms. The highest BCUT2D eigenvalue weighted by atomic mass is 35.5. The van der Waals surface area contributed by atoms with Gasteiger partial charge >= 0.3 is 0 Å². The maximum absolute atomic E-state index is 13.2. The van der Waals surface area contributed by atoms with Crippen LogP contribution in [0.1, 0.15) is 37.5 Å². The second-order valence-electron chi connectivity index (χ2n) is 6.69. The second kappa shape index (κ2) is 6.98. The molecule has 4 rings (SSSR count). The minimum atomic E-state index is -0.0406. The smallest absolute Gasteiger partial charge is 0.264 e. The van der Waals surface area contributed by atoms with E-state index in [0.717, 1.165) is 36.6 Å². The highest BCUT2D eigenvalue weighted by molar-refractivity contribution is 6.37. The van der Waals surface area contributed by atoms with E-state index in [2.05, 4.69) is 5.16 Å². The van der Waals surface area contributed by atoms with Crippen molar-refractivity contribution >= 4 is 45.8 Å². The van der Waals surface area contributed by atoms with Crippen LogP contribution < -0.4 is 11.3 Å². The van der Waals surface area contributed by atoms with Crippen LogP contribution in [0.4, 0.5) is 0 Å². The number of halogens is 2. The Morgan fingerprint density at radius 2 is 2.16 bits per heavy atom. The first-order valence-corrected chi connectivity index (χ1v) is 8.78. The zero-order valence-corrected chi connectivity index (χ0v) is 15.6. The zero-order valence-electron chi connectivity index (χ0n) is 14.0. The highest BCUT2D eigenvalue weighted by Crippen LogP contribution is 2.36. The number of hydrogen-bond donors (Lipinski definition) is 1. The molecule has 2 unspecified atom stereocenters. The van der Waals surface area contributed by atoms with E-state index >= 15 is 0 Å². The normalized spacial score (nSPS) is 20.8. The van der Waals surface area contributed by atoms with Crippen molar-refractivity contribution in [2.75, 3.05) is 6.54 Å². The van der Waals surface area contributed by atoms with Gasteiger partial charge in [0.2, 0.25) is 0 Å². The van der Waals surface area contributed by atoms with E-state index in [9.17, 15) is 4.79 Å². The lowest BCUT2D eigenvalue weighted by Crippen LogP contribution is -2.31. The van der Waals surface area contributed by atoms with Crippen molar-refractivity contribution in [2.24, 2.45) is 11.7 Å². The number of aromatic nitrogens is 2. The molecule has 0 saturated heterocycles. The Labute approximate surface area is 156 Å². The van der Waals surface area contributed by atoms with Gasteiger partial charge in [0.25, 0.3) is 5.56 Å². The summed E-state index contributed by atoms with van der Waals surface area (Å²) < 4.78 is 7.20. The van der Waals surface area contributed by atoms with E-state index in [1.54, 1.807) is 6.92 Å². The van der Waals surface area contributed by atoms with Crippen LogP contribution in [0.15, 0.2) is 27.5 Å². The summed E-state index contributed by atoms with van der Waals surface area (Å²) in [6.07, 6.45) is 4.12. The average molecular weight is 382 g/mol. The molecule has 1 aromatic carbocycles. The van der Waals surface area contributed by atoms with Gasteiger partial charge in [-0.25, -0.2) is 0 Å². The monoisotopic (exact) mass is 381 g/mol. The third kappa shape index (κ3) is 2.84. The number of pyridine rings is 1. The van der Waals surface area contributed by atoms with Crippen LogP contribution in [0.3, 0.4) is 0 Å². The van der Waals surface area contributed by atoms with Gasteiger partial charge in [-0.2, -0.15) is 0 Å². The first kappa shape index (κ1) is 18.2. The molecule has 0 aliphatic heterocycles. The Hall–Kier alpha value is -1.56. The van der Waals surface area contributed by atoms with Gasteiger partial charge in [0.1, 0.15) is 16.7 Å². The molecule has 5 nitrogen and oxygen atoms in total. The Morgan fingerprint density at radius 1 is 1.36 bits per heavy atom. The van der Waals surface area contributed by atoms with Gasteiger partial charge in [0, 0.05) is 11.4 Å². The number of nitrogens with two attached hydrogens (primary N) is 1. The van der Waals surface area contributed by atoms with Gasteiger partial charge in [-0.15, -0.1) is 12.4 Å². The maximum atomic E-state index is 13.2. The summed E-state index contributed by atoms with van der Waals surface area (Å²) in [5.74, 6) is 1.00. The fraction of sp³-hybridized carbons (Fsp3) is 0.444. The van der Waals surface area contributed by atoms with Crippen LogP contribution in [0, 0.1) is 12.8 Å². The molecule has 2 heterocycles. The van der Waals surface area contributed by atoms with Crippen LogP contribution in [-0.4, -0.2) is 16.3 Å². The molecule has 2 N–H and O–H groups in total. The van der Waals surface area contributed by atoms with Crippen molar-refractivity contribution in [1.29, 1.82) is 0 Å². The van der Waals surface area contributed by atoms with Gasteiger partial charge < -0.3 is 14.8 Å². The van der Waals surface area contributed by atoms with E-state index in [-0.39, 0.29) is 24.0 Å². The molecule has 25 heavy (non-hydrogen) atoms. The lowest BCUT2D eigenvalue weighted by molar-refractivity contribution is 0.273. The quantitative estimate of drug-likeness (QED) is 0.720. The summed E-state index contributed by atoms with van der Waals surface area (Å²) in [7, 11) is 0. The highest BCUT2D eigenvalue weighted by Gasteiger charge is 2.27. The Balaban J connectivity index is 0.00000182. The predicted molar refractivity (Wildman–Crippen MR) is 103 cm³/mol. The summed E-state index contributed by atoms with van der Waals surface area (Å²) in [5.41, 5.74) is 7.23. The molecule has 3 aromatic rings. The maximum Gasteiger partial charge on any atom is 0.264 e. The molecule has 1 saturated carbocycles. The SMILES string of the molecule is Cc1onc2c1c(=O)n(C1CCCC(CN)C1)c1cccc(Cl)c21.Cl. The molecule has 0 radical (unpaired) electrons. The van der Waals surface area contributed by atoms with E-state index in [0.29, 0.717) is 34.1 Å². The molecule has 1 aliphatic rings. The van der Waals surface area contributed by atoms with Gasteiger partial charge in [-0.1, -0.05) is 29.2 Å². The largest absolute Gasteiger partial charge is 0.360 e. The average Bonchev–Trinajstić information content (AvgIpc) is 2.97. The molecule has 2 aromatic heterocycles. The molecule has 0 amide bonds. The number of aryl methyl sites for hydroxylation is 1. The molecular weight excluding hydrogens is 361 g/mol. The van der Waals surface area contributed by atoms with Crippen molar-refractivity contribution in [3.63, 3.8) is 0 Å². The fourth-order valence-electron chi connectivity index (χ4n) is 4.05. The summed E-state index contributed by atoms with van der Waals surface area (Å²) in [6, 6.07) is 5.78. The van der Waals surface area contributed by atoms with Crippen LogP contribution >= 0.6 is 24.0 Å². The van der Waals surface area contributed by atoms with E-state index < -0.39 is 0 Å². The molecule has 1 aliphatic carbocycles. The molecule has 7 heteroatoms. The Bertz CT molecular complexity index is 980. The first-order chi connectivity index (χ1) is 11.6. The molecule has 0 bridgehead atoms. The number of fused-ring (bicyclic) bond motifs is 3. The second-order valence-corrected chi connectivity index (χ2v) is 7.10. The van der Waals surface area contributed by atoms with Crippen molar-refractivity contribution in [3.05, 3.63) is 39.3 Å². The fourth-order valence-corrected chi connectivity index (χ4v) is 4.31. The van der Waals surface area contributed by atoms with Crippen LogP contribution in [0.25, 0.3) is 21.8 Å². The Kier molecular flexibility index (Phi) is 5.09. The summed E-state index contributed by atoms with van der Waals surface area (Å²) in [6.45, 7) is 2.44. The third-order valence-electron chi connectivity index (χ3n) is 5.24. The third-order valence-corrected chi connectivity index (χ3v) is 5.55. The number of rotatable bonds is 2. The van der Waals surface area contributed by atoms with E-state index in [1.165, 1.54) is 0 Å². The summed E-state index contributed by atoms with van der Waals surface area (Å²) >= 11 is 6.45. The number of nitrogens with zero attached hydrogens (tertiary/aromatic N) is 2. The predicted octanol–water partition coefficient (Wildman–Crippen LogP) is 4.22. The first-order valence-electron chi connectivity index (χ1n) is 8.40. The standard InChI is InChI=1S/C18H20ClN3O2.ClH/c1-10-15-17(21-24-10)16-13(19)6-3-7-14(16)22(18(15)23)12-5-2-4-11(8-12)9-20;/h3,6-7,11-12H,2,4-5,8-9,20H2,1H3;1H. The van der Waals surface area contributed by atoms with Crippen molar-refractivity contribution in [2.45, 2.75) is 38.6 Å². The molecule has 1 fully saturated rings. The van der Waals surface area contributed by atoms with Crippen molar-refractivity contribution in [3.8, 4) is 0 Å². The minimum Gasteiger partial charge on any atom is -0.360 e. The van der Waals surface area contributed by atoms with E-state index in [1.807, 2.05) is 22.8 Å². The molecular formula is C18H21Cl2N3O2. The van der Waals surface area contributed by atoms with Crippen LogP contribution in [0.5, 0.6) is 0 Å². The summed E-state index contributed by atoms with van der Waals surface area (Å²) in [5, 5.41) is 6.01. The Morgan fingerprint density at radius 3 is 2.92 bits per heavy atom. The number of hydrogen-bond acceptors (Lipinski definition) is 4. The summed E-state index contributed by atoms with van der Waals surface area (Å²) in [4.78, 5) is 13.2. The van der Waals surface area contributed by atoms with Gasteiger partial charge in [-0.05, 0) is 50.8 Å².